The summed E-state index contributed by atoms with van der Waals surface area (Å²) in [7, 11) is 0. The number of benzene rings is 1. The van der Waals surface area contributed by atoms with Crippen LogP contribution < -0.4 is 5.43 Å². The molecule has 8 nitrogen and oxygen atoms in total. The quantitative estimate of drug-likeness (QED) is 0.735. The van der Waals surface area contributed by atoms with Crippen molar-refractivity contribution in [2.24, 2.45) is 0 Å². The standard InChI is InChI=1S/C20H21F3N4O4/c1-3-31-19(30)26-10-8-25(9-11-26)18(29)17-16(28)12-13(2)27(24-17)15-7-5-4-6-14(15)20(21,22)23/h4-7,12H,3,8-11H2,1-2H3. The summed E-state index contributed by atoms with van der Waals surface area (Å²) in [6.45, 7) is 4.06. The first-order chi connectivity index (χ1) is 14.6. The molecule has 2 aromatic rings. The van der Waals surface area contributed by atoms with E-state index in [4.69, 9.17) is 4.74 Å². The number of halogens is 3. The number of para-hydroxylation sites is 1. The number of aryl methyl sites for hydroxylation is 1. The highest BCUT2D eigenvalue weighted by atomic mass is 19.4. The summed E-state index contributed by atoms with van der Waals surface area (Å²) in [5.74, 6) is -0.702. The molecule has 1 saturated heterocycles. The van der Waals surface area contributed by atoms with Crippen LogP contribution in [0, 0.1) is 6.92 Å². The summed E-state index contributed by atoms with van der Waals surface area (Å²) in [6.07, 6.45) is -5.13. The van der Waals surface area contributed by atoms with Crippen LogP contribution in [0.15, 0.2) is 35.1 Å². The lowest BCUT2D eigenvalue weighted by Gasteiger charge is -2.33. The molecule has 1 fully saturated rings. The van der Waals surface area contributed by atoms with Crippen molar-refractivity contribution in [3.63, 3.8) is 0 Å². The van der Waals surface area contributed by atoms with Gasteiger partial charge in [0.25, 0.3) is 5.91 Å². The number of amides is 2. The van der Waals surface area contributed by atoms with Gasteiger partial charge < -0.3 is 14.5 Å². The minimum Gasteiger partial charge on any atom is -0.450 e. The summed E-state index contributed by atoms with van der Waals surface area (Å²) < 4.78 is 46.2. The Morgan fingerprint density at radius 3 is 2.32 bits per heavy atom. The average Bonchev–Trinajstić information content (AvgIpc) is 2.73. The fourth-order valence-electron chi connectivity index (χ4n) is 3.29. The maximum atomic E-state index is 13.4. The van der Waals surface area contributed by atoms with Crippen molar-refractivity contribution < 1.29 is 27.5 Å². The van der Waals surface area contributed by atoms with E-state index in [1.54, 1.807) is 6.92 Å². The number of piperazine rings is 1. The van der Waals surface area contributed by atoms with E-state index in [9.17, 15) is 27.6 Å². The first-order valence-electron chi connectivity index (χ1n) is 9.62. The van der Waals surface area contributed by atoms with Crippen molar-refractivity contribution in [1.82, 2.24) is 19.6 Å². The van der Waals surface area contributed by atoms with E-state index in [0.717, 1.165) is 16.8 Å². The van der Waals surface area contributed by atoms with Crippen LogP contribution in [0.3, 0.4) is 0 Å². The van der Waals surface area contributed by atoms with E-state index in [0.29, 0.717) is 0 Å². The summed E-state index contributed by atoms with van der Waals surface area (Å²) in [4.78, 5) is 39.9. The topological polar surface area (TPSA) is 84.7 Å². The largest absolute Gasteiger partial charge is 0.450 e. The highest BCUT2D eigenvalue weighted by Crippen LogP contribution is 2.33. The number of carbonyl (C=O) groups excluding carboxylic acids is 2. The van der Waals surface area contributed by atoms with Gasteiger partial charge in [-0.05, 0) is 26.0 Å². The van der Waals surface area contributed by atoms with Crippen LogP contribution in [0.25, 0.3) is 5.69 Å². The lowest BCUT2D eigenvalue weighted by Crippen LogP contribution is -2.51. The zero-order valence-corrected chi connectivity index (χ0v) is 17.0. The maximum absolute atomic E-state index is 13.4. The minimum absolute atomic E-state index is 0.145. The Labute approximate surface area is 175 Å². The van der Waals surface area contributed by atoms with E-state index in [1.165, 1.54) is 34.9 Å². The highest BCUT2D eigenvalue weighted by Gasteiger charge is 2.34. The van der Waals surface area contributed by atoms with E-state index < -0.39 is 34.9 Å². The van der Waals surface area contributed by atoms with Gasteiger partial charge in [0.1, 0.15) is 0 Å². The summed E-state index contributed by atoms with van der Waals surface area (Å²) in [5, 5.41) is 3.98. The monoisotopic (exact) mass is 438 g/mol. The molecular weight excluding hydrogens is 417 g/mol. The molecule has 166 valence electrons. The average molecular weight is 438 g/mol. The minimum atomic E-state index is -4.64. The molecule has 0 N–H and O–H groups in total. The zero-order chi connectivity index (χ0) is 22.8. The van der Waals surface area contributed by atoms with Crippen LogP contribution in [-0.4, -0.2) is 64.4 Å². The highest BCUT2D eigenvalue weighted by molar-refractivity contribution is 5.92. The van der Waals surface area contributed by atoms with Gasteiger partial charge in [-0.3, -0.25) is 9.59 Å². The van der Waals surface area contributed by atoms with Crippen molar-refractivity contribution >= 4 is 12.0 Å². The molecule has 1 aliphatic rings. The fraction of sp³-hybridized carbons (Fsp3) is 0.400. The third-order valence-electron chi connectivity index (χ3n) is 4.84. The Bertz CT molecular complexity index is 1040. The Kier molecular flexibility index (Phi) is 6.32. The zero-order valence-electron chi connectivity index (χ0n) is 17.0. The van der Waals surface area contributed by atoms with Crippen molar-refractivity contribution in [2.75, 3.05) is 32.8 Å². The summed E-state index contributed by atoms with van der Waals surface area (Å²) in [5.41, 5.74) is -2.22. The summed E-state index contributed by atoms with van der Waals surface area (Å²) in [6, 6.07) is 5.88. The van der Waals surface area contributed by atoms with Gasteiger partial charge in [-0.1, -0.05) is 12.1 Å². The van der Waals surface area contributed by atoms with Gasteiger partial charge in [0.05, 0.1) is 17.9 Å². The predicted molar refractivity (Wildman–Crippen MR) is 104 cm³/mol. The second-order valence-corrected chi connectivity index (χ2v) is 6.90. The first kappa shape index (κ1) is 22.3. The van der Waals surface area contributed by atoms with Gasteiger partial charge >= 0.3 is 12.3 Å². The Hall–Kier alpha value is -3.37. The van der Waals surface area contributed by atoms with Gasteiger partial charge in [-0.15, -0.1) is 0 Å². The number of hydrogen-bond donors (Lipinski definition) is 0. The number of carbonyl (C=O) groups is 2. The molecule has 2 amide bonds. The Morgan fingerprint density at radius 2 is 1.71 bits per heavy atom. The third-order valence-corrected chi connectivity index (χ3v) is 4.84. The summed E-state index contributed by atoms with van der Waals surface area (Å²) >= 11 is 0. The Balaban J connectivity index is 1.90. The Morgan fingerprint density at radius 1 is 1.10 bits per heavy atom. The number of nitrogens with zero attached hydrogens (tertiary/aromatic N) is 4. The van der Waals surface area contributed by atoms with Crippen LogP contribution in [0.4, 0.5) is 18.0 Å². The van der Waals surface area contributed by atoms with E-state index >= 15 is 0 Å². The molecule has 0 spiro atoms. The smallest absolute Gasteiger partial charge is 0.418 e. The number of aromatic nitrogens is 2. The number of hydrogen-bond acceptors (Lipinski definition) is 5. The van der Waals surface area contributed by atoms with Crippen molar-refractivity contribution in [1.29, 1.82) is 0 Å². The van der Waals surface area contributed by atoms with Crippen LogP contribution in [0.2, 0.25) is 0 Å². The third kappa shape index (κ3) is 4.70. The molecule has 0 atom stereocenters. The van der Waals surface area contributed by atoms with E-state index in [-0.39, 0.29) is 44.2 Å². The molecule has 0 saturated carbocycles. The molecule has 1 aromatic heterocycles. The van der Waals surface area contributed by atoms with E-state index in [2.05, 4.69) is 5.10 Å². The van der Waals surface area contributed by atoms with Gasteiger partial charge in [-0.2, -0.15) is 18.3 Å². The molecular formula is C20H21F3N4O4. The first-order valence-corrected chi connectivity index (χ1v) is 9.62. The number of alkyl halides is 3. The molecule has 0 unspecified atom stereocenters. The van der Waals surface area contributed by atoms with E-state index in [1.807, 2.05) is 0 Å². The molecule has 1 aliphatic heterocycles. The molecule has 31 heavy (non-hydrogen) atoms. The molecule has 0 radical (unpaired) electrons. The predicted octanol–water partition coefficient (Wildman–Crippen LogP) is 2.47. The SMILES string of the molecule is CCOC(=O)N1CCN(C(=O)c2nn(-c3ccccc3C(F)(F)F)c(C)cc2=O)CC1. The second kappa shape index (κ2) is 8.78. The van der Waals surface area contributed by atoms with Crippen LogP contribution in [-0.2, 0) is 10.9 Å². The molecule has 0 bridgehead atoms. The van der Waals surface area contributed by atoms with Gasteiger partial charge in [0.15, 0.2) is 5.69 Å². The second-order valence-electron chi connectivity index (χ2n) is 6.90. The van der Waals surface area contributed by atoms with Crippen molar-refractivity contribution in [3.05, 3.63) is 57.5 Å². The maximum Gasteiger partial charge on any atom is 0.418 e. The van der Waals surface area contributed by atoms with Crippen molar-refractivity contribution in [3.8, 4) is 5.69 Å². The number of ether oxygens (including phenoxy) is 1. The molecule has 0 aliphatic carbocycles. The molecule has 3 rings (SSSR count). The number of rotatable bonds is 3. The molecule has 11 heteroatoms. The molecule has 2 heterocycles. The van der Waals surface area contributed by atoms with Crippen LogP contribution in [0.5, 0.6) is 0 Å². The van der Waals surface area contributed by atoms with Gasteiger partial charge in [0, 0.05) is 37.9 Å². The lowest BCUT2D eigenvalue weighted by atomic mass is 10.1. The normalized spacial score (nSPS) is 14.5. The van der Waals surface area contributed by atoms with Crippen molar-refractivity contribution in [2.45, 2.75) is 20.0 Å². The van der Waals surface area contributed by atoms with Gasteiger partial charge in [0.2, 0.25) is 5.43 Å². The van der Waals surface area contributed by atoms with Gasteiger partial charge in [-0.25, -0.2) is 9.48 Å². The molecule has 1 aromatic carbocycles. The fourth-order valence-corrected chi connectivity index (χ4v) is 3.29. The lowest BCUT2D eigenvalue weighted by molar-refractivity contribution is -0.137. The van der Waals surface area contributed by atoms with Crippen LogP contribution >= 0.6 is 0 Å². The van der Waals surface area contributed by atoms with Crippen LogP contribution in [0.1, 0.15) is 28.7 Å².